The molecule has 1 aliphatic rings. The molecule has 27 heavy (non-hydrogen) atoms. The summed E-state index contributed by atoms with van der Waals surface area (Å²) in [6.45, 7) is 7.18. The van der Waals surface area contributed by atoms with Crippen molar-refractivity contribution in [2.45, 2.75) is 38.6 Å². The van der Waals surface area contributed by atoms with E-state index in [0.717, 1.165) is 31.7 Å². The third-order valence-electron chi connectivity index (χ3n) is 4.69. The van der Waals surface area contributed by atoms with Crippen molar-refractivity contribution < 1.29 is 9.53 Å². The van der Waals surface area contributed by atoms with Crippen LogP contribution in [0.4, 0.5) is 0 Å². The minimum absolute atomic E-state index is 0. The molecule has 7 heteroatoms. The van der Waals surface area contributed by atoms with E-state index in [2.05, 4.69) is 41.7 Å². The van der Waals surface area contributed by atoms with E-state index >= 15 is 0 Å². The Morgan fingerprint density at radius 1 is 1.33 bits per heavy atom. The van der Waals surface area contributed by atoms with Gasteiger partial charge in [0.2, 0.25) is 0 Å². The van der Waals surface area contributed by atoms with Gasteiger partial charge < -0.3 is 15.4 Å². The fourth-order valence-corrected chi connectivity index (χ4v) is 3.09. The van der Waals surface area contributed by atoms with Crippen LogP contribution >= 0.6 is 12.4 Å². The lowest BCUT2D eigenvalue weighted by Crippen LogP contribution is -2.32. The van der Waals surface area contributed by atoms with Gasteiger partial charge in [-0.15, -0.1) is 12.4 Å². The molecule has 0 aliphatic carbocycles. The van der Waals surface area contributed by atoms with Crippen LogP contribution < -0.4 is 15.4 Å². The smallest absolute Gasteiger partial charge is 0.271 e. The second-order valence-electron chi connectivity index (χ2n) is 7.01. The first-order valence-electron chi connectivity index (χ1n) is 9.40. The van der Waals surface area contributed by atoms with Gasteiger partial charge in [-0.2, -0.15) is 5.10 Å². The Morgan fingerprint density at radius 2 is 2.11 bits per heavy atom. The summed E-state index contributed by atoms with van der Waals surface area (Å²) in [5, 5.41) is 10.6. The Kier molecular flexibility index (Phi) is 8.13. The highest BCUT2D eigenvalue weighted by molar-refractivity contribution is 5.92. The number of ether oxygens (including phenoxy) is 1. The van der Waals surface area contributed by atoms with Crippen LogP contribution in [0.5, 0.6) is 5.75 Å². The highest BCUT2D eigenvalue weighted by Gasteiger charge is 2.17. The van der Waals surface area contributed by atoms with Gasteiger partial charge in [0.25, 0.3) is 5.91 Å². The van der Waals surface area contributed by atoms with Crippen molar-refractivity contribution in [3.63, 3.8) is 0 Å². The quantitative estimate of drug-likeness (QED) is 0.710. The van der Waals surface area contributed by atoms with E-state index in [4.69, 9.17) is 4.74 Å². The Hall–Kier alpha value is -2.05. The molecule has 1 unspecified atom stereocenters. The van der Waals surface area contributed by atoms with Crippen LogP contribution in [0.15, 0.2) is 36.5 Å². The maximum absolute atomic E-state index is 12.2. The molecule has 0 spiro atoms. The van der Waals surface area contributed by atoms with Crippen LogP contribution in [0.1, 0.15) is 54.7 Å². The normalized spacial score (nSPS) is 16.6. The Bertz CT molecular complexity index is 709. The summed E-state index contributed by atoms with van der Waals surface area (Å²) in [6.07, 6.45) is 4.13. The molecule has 1 aromatic carbocycles. The van der Waals surface area contributed by atoms with Gasteiger partial charge in [-0.25, -0.2) is 0 Å². The highest BCUT2D eigenvalue weighted by Crippen LogP contribution is 2.18. The third kappa shape index (κ3) is 5.97. The molecule has 2 aromatic rings. The molecule has 1 atom stereocenters. The van der Waals surface area contributed by atoms with E-state index in [1.165, 1.54) is 5.56 Å². The average Bonchev–Trinajstić information content (AvgIpc) is 3.16. The summed E-state index contributed by atoms with van der Waals surface area (Å²) in [5.74, 6) is 1.16. The zero-order chi connectivity index (χ0) is 18.4. The van der Waals surface area contributed by atoms with E-state index in [-0.39, 0.29) is 18.3 Å². The molecule has 0 bridgehead atoms. The molecule has 1 fully saturated rings. The largest absolute Gasteiger partial charge is 0.492 e. The fraction of sp³-hybridized carbons (Fsp3) is 0.500. The number of hydrogen-bond acceptors (Lipinski definition) is 4. The standard InChI is InChI=1S/C20H28N4O2.ClH/c1-15(2)16-5-7-18(8-6-16)26-13-11-22-20(25)19-9-12-24(23-19)17-4-3-10-21-14-17;/h5-9,12,15,17,21H,3-4,10-11,13-14H2,1-2H3,(H,22,25);1H. The van der Waals surface area contributed by atoms with Crippen LogP contribution in [0.25, 0.3) is 0 Å². The Morgan fingerprint density at radius 3 is 2.78 bits per heavy atom. The topological polar surface area (TPSA) is 68.2 Å². The van der Waals surface area contributed by atoms with Gasteiger partial charge >= 0.3 is 0 Å². The number of carbonyl (C=O) groups is 1. The van der Waals surface area contributed by atoms with Gasteiger partial charge in [0.1, 0.15) is 18.1 Å². The first-order chi connectivity index (χ1) is 12.6. The van der Waals surface area contributed by atoms with Gasteiger partial charge in [-0.1, -0.05) is 26.0 Å². The lowest BCUT2D eigenvalue weighted by molar-refractivity contribution is 0.0940. The number of aromatic nitrogens is 2. The predicted octanol–water partition coefficient (Wildman–Crippen LogP) is 3.16. The number of nitrogens with one attached hydrogen (secondary N) is 2. The monoisotopic (exact) mass is 392 g/mol. The van der Waals surface area contributed by atoms with Crippen LogP contribution in [-0.2, 0) is 0 Å². The molecule has 2 heterocycles. The maximum Gasteiger partial charge on any atom is 0.271 e. The summed E-state index contributed by atoms with van der Waals surface area (Å²) in [7, 11) is 0. The molecule has 0 saturated carbocycles. The molecular weight excluding hydrogens is 364 g/mol. The van der Waals surface area contributed by atoms with Gasteiger partial charge in [0.05, 0.1) is 12.6 Å². The number of hydrogen-bond donors (Lipinski definition) is 2. The van der Waals surface area contributed by atoms with Crippen LogP contribution in [0.3, 0.4) is 0 Å². The molecule has 1 saturated heterocycles. The second kappa shape index (κ2) is 10.3. The average molecular weight is 393 g/mol. The Labute approximate surface area is 167 Å². The third-order valence-corrected chi connectivity index (χ3v) is 4.69. The molecule has 1 amide bonds. The van der Waals surface area contributed by atoms with Gasteiger partial charge in [-0.05, 0) is 49.1 Å². The molecule has 2 N–H and O–H groups in total. The first kappa shape index (κ1) is 21.3. The van der Waals surface area contributed by atoms with Crippen LogP contribution in [-0.4, -0.2) is 41.9 Å². The second-order valence-corrected chi connectivity index (χ2v) is 7.01. The number of rotatable bonds is 7. The van der Waals surface area contributed by atoms with Crippen molar-refractivity contribution in [2.75, 3.05) is 26.2 Å². The van der Waals surface area contributed by atoms with E-state index in [1.807, 2.05) is 23.0 Å². The summed E-state index contributed by atoms with van der Waals surface area (Å²) in [5.41, 5.74) is 1.74. The number of halogens is 1. The van der Waals surface area contributed by atoms with Gasteiger partial charge in [0.15, 0.2) is 0 Å². The Balaban J connectivity index is 0.00000261. The summed E-state index contributed by atoms with van der Waals surface area (Å²) in [4.78, 5) is 12.2. The highest BCUT2D eigenvalue weighted by atomic mass is 35.5. The molecular formula is C20H29ClN4O2. The zero-order valence-electron chi connectivity index (χ0n) is 16.0. The zero-order valence-corrected chi connectivity index (χ0v) is 16.8. The van der Waals surface area contributed by atoms with Gasteiger partial charge in [0, 0.05) is 12.7 Å². The van der Waals surface area contributed by atoms with E-state index in [9.17, 15) is 4.79 Å². The molecule has 1 aliphatic heterocycles. The van der Waals surface area contributed by atoms with Crippen molar-refractivity contribution >= 4 is 18.3 Å². The lowest BCUT2D eigenvalue weighted by atomic mass is 10.0. The molecule has 1 aromatic heterocycles. The number of piperidine rings is 1. The number of benzene rings is 1. The van der Waals surface area contributed by atoms with Crippen molar-refractivity contribution in [1.82, 2.24) is 20.4 Å². The van der Waals surface area contributed by atoms with Crippen molar-refractivity contribution in [3.8, 4) is 5.75 Å². The molecule has 0 radical (unpaired) electrons. The predicted molar refractivity (Wildman–Crippen MR) is 109 cm³/mol. The summed E-state index contributed by atoms with van der Waals surface area (Å²) < 4.78 is 7.58. The number of amides is 1. The molecule has 6 nitrogen and oxygen atoms in total. The van der Waals surface area contributed by atoms with Crippen molar-refractivity contribution in [2.24, 2.45) is 0 Å². The van der Waals surface area contributed by atoms with Crippen molar-refractivity contribution in [3.05, 3.63) is 47.8 Å². The number of carbonyl (C=O) groups excluding carboxylic acids is 1. The molecule has 3 rings (SSSR count). The minimum Gasteiger partial charge on any atom is -0.492 e. The summed E-state index contributed by atoms with van der Waals surface area (Å²) >= 11 is 0. The lowest BCUT2D eigenvalue weighted by Gasteiger charge is -2.22. The van der Waals surface area contributed by atoms with Crippen LogP contribution in [0.2, 0.25) is 0 Å². The summed E-state index contributed by atoms with van der Waals surface area (Å²) in [6, 6.07) is 10.2. The SMILES string of the molecule is CC(C)c1ccc(OCCNC(=O)c2ccn(C3CCCNC3)n2)cc1.Cl. The minimum atomic E-state index is -0.161. The van der Waals surface area contributed by atoms with E-state index < -0.39 is 0 Å². The molecule has 148 valence electrons. The van der Waals surface area contributed by atoms with E-state index in [0.29, 0.717) is 30.8 Å². The maximum atomic E-state index is 12.2. The number of nitrogens with zero attached hydrogens (tertiary/aromatic N) is 2. The van der Waals surface area contributed by atoms with Crippen molar-refractivity contribution in [1.29, 1.82) is 0 Å². The van der Waals surface area contributed by atoms with Gasteiger partial charge in [-0.3, -0.25) is 9.48 Å². The first-order valence-corrected chi connectivity index (χ1v) is 9.40. The van der Waals surface area contributed by atoms with Crippen LogP contribution in [0, 0.1) is 0 Å². The fourth-order valence-electron chi connectivity index (χ4n) is 3.09. The van der Waals surface area contributed by atoms with E-state index in [1.54, 1.807) is 6.07 Å².